The number of fused-ring (bicyclic) bond motifs is 1. The maximum absolute atomic E-state index is 12.4. The zero-order valence-corrected chi connectivity index (χ0v) is 18.0. The van der Waals surface area contributed by atoms with Gasteiger partial charge in [-0.2, -0.15) is 4.68 Å². The summed E-state index contributed by atoms with van der Waals surface area (Å²) in [5.41, 5.74) is 1.59. The molecule has 2 heterocycles. The molecular formula is C17H11BrF3N7O3S. The molecule has 166 valence electrons. The lowest BCUT2D eigenvalue weighted by molar-refractivity contribution is -0.274. The van der Waals surface area contributed by atoms with E-state index in [4.69, 9.17) is 0 Å². The summed E-state index contributed by atoms with van der Waals surface area (Å²) in [4.78, 5) is 29.0. The third-order valence-electron chi connectivity index (χ3n) is 3.97. The number of rotatable bonds is 6. The third-order valence-corrected chi connectivity index (χ3v) is 5.54. The molecule has 0 aliphatic carbocycles. The lowest BCUT2D eigenvalue weighted by Crippen LogP contribution is -2.17. The quantitative estimate of drug-likeness (QED) is 0.327. The van der Waals surface area contributed by atoms with Crippen LogP contribution in [-0.4, -0.2) is 48.2 Å². The van der Waals surface area contributed by atoms with Crippen LogP contribution >= 0.6 is 27.7 Å². The molecule has 0 aliphatic heterocycles. The van der Waals surface area contributed by atoms with E-state index in [1.165, 1.54) is 16.8 Å². The molecule has 0 spiro atoms. The highest BCUT2D eigenvalue weighted by Gasteiger charge is 2.31. The summed E-state index contributed by atoms with van der Waals surface area (Å²) in [6, 6.07) is 8.23. The van der Waals surface area contributed by atoms with Crippen molar-refractivity contribution < 1.29 is 22.7 Å². The second-order valence-electron chi connectivity index (χ2n) is 6.21. The summed E-state index contributed by atoms with van der Waals surface area (Å²) in [5, 5.41) is 14.2. The van der Waals surface area contributed by atoms with Crippen LogP contribution in [0.2, 0.25) is 0 Å². The highest BCUT2D eigenvalue weighted by molar-refractivity contribution is 9.10. The summed E-state index contributed by atoms with van der Waals surface area (Å²) in [5.74, 6) is -0.797. The molecule has 0 aliphatic rings. The standard InChI is InChI=1S/C17H11BrF3N7O3S/c18-10-5-12-13(24-15(30)23-12)6-11(10)22-14(29)7-32-16-25-26-27-28(16)8-1-3-9(4-2-8)31-17(19,20)21/h1-6H,7H2,(H,22,29)(H2,23,24,30). The fourth-order valence-corrected chi connectivity index (χ4v) is 3.82. The SMILES string of the molecule is O=C(CSc1nnnn1-c1ccc(OC(F)(F)F)cc1)Nc1cc2[nH]c(=O)[nH]c2cc1Br. The topological polar surface area (TPSA) is 131 Å². The number of nitrogens with zero attached hydrogens (tertiary/aromatic N) is 4. The first-order valence-electron chi connectivity index (χ1n) is 8.67. The molecule has 4 rings (SSSR count). The van der Waals surface area contributed by atoms with Gasteiger partial charge in [0.1, 0.15) is 5.75 Å². The Hall–Kier alpha value is -3.33. The number of imidazole rings is 1. The predicted octanol–water partition coefficient (Wildman–Crippen LogP) is 3.22. The van der Waals surface area contributed by atoms with Gasteiger partial charge in [-0.1, -0.05) is 11.8 Å². The van der Waals surface area contributed by atoms with E-state index < -0.39 is 6.36 Å². The highest BCUT2D eigenvalue weighted by atomic mass is 79.9. The zero-order valence-electron chi connectivity index (χ0n) is 15.6. The Labute approximate surface area is 188 Å². The van der Waals surface area contributed by atoms with Crippen LogP contribution in [0.25, 0.3) is 16.7 Å². The van der Waals surface area contributed by atoms with Gasteiger partial charge in [0.2, 0.25) is 11.1 Å². The number of H-pyrrole nitrogens is 2. The van der Waals surface area contributed by atoms with Gasteiger partial charge in [-0.3, -0.25) is 4.79 Å². The number of carbonyl (C=O) groups excluding carboxylic acids is 1. The van der Waals surface area contributed by atoms with Crippen molar-refractivity contribution >= 4 is 50.3 Å². The molecule has 0 unspecified atom stereocenters. The summed E-state index contributed by atoms with van der Waals surface area (Å²) < 4.78 is 42.6. The van der Waals surface area contributed by atoms with Crippen molar-refractivity contribution in [3.8, 4) is 11.4 Å². The zero-order chi connectivity index (χ0) is 22.9. The number of thioether (sulfide) groups is 1. The number of aromatic amines is 2. The van der Waals surface area contributed by atoms with Crippen LogP contribution in [0.5, 0.6) is 5.75 Å². The van der Waals surface area contributed by atoms with Gasteiger partial charge in [0.25, 0.3) is 0 Å². The maximum atomic E-state index is 12.4. The first kappa shape index (κ1) is 21.9. The number of amides is 1. The molecule has 32 heavy (non-hydrogen) atoms. The van der Waals surface area contributed by atoms with Gasteiger partial charge in [0, 0.05) is 4.47 Å². The van der Waals surface area contributed by atoms with E-state index in [9.17, 15) is 22.8 Å². The molecule has 2 aromatic heterocycles. The normalized spacial score (nSPS) is 11.6. The van der Waals surface area contributed by atoms with Gasteiger partial charge in [-0.15, -0.1) is 18.3 Å². The second kappa shape index (κ2) is 8.66. The van der Waals surface area contributed by atoms with Crippen LogP contribution < -0.4 is 15.7 Å². The van der Waals surface area contributed by atoms with Gasteiger partial charge < -0.3 is 20.0 Å². The molecule has 2 aromatic carbocycles. The molecule has 0 saturated carbocycles. The Morgan fingerprint density at radius 1 is 1.19 bits per heavy atom. The van der Waals surface area contributed by atoms with Crippen molar-refractivity contribution in [1.29, 1.82) is 0 Å². The maximum Gasteiger partial charge on any atom is 0.573 e. The molecule has 0 saturated heterocycles. The molecule has 15 heteroatoms. The van der Waals surface area contributed by atoms with Crippen LogP contribution in [0.1, 0.15) is 0 Å². The minimum absolute atomic E-state index is 0.0518. The molecule has 0 radical (unpaired) electrons. The Morgan fingerprint density at radius 2 is 1.88 bits per heavy atom. The Balaban J connectivity index is 1.42. The van der Waals surface area contributed by atoms with E-state index in [1.807, 2.05) is 0 Å². The van der Waals surface area contributed by atoms with E-state index in [1.54, 1.807) is 12.1 Å². The number of tetrazole rings is 1. The molecular weight excluding hydrogens is 519 g/mol. The van der Waals surface area contributed by atoms with Crippen LogP contribution in [0, 0.1) is 0 Å². The number of carbonyl (C=O) groups is 1. The second-order valence-corrected chi connectivity index (χ2v) is 8.01. The highest BCUT2D eigenvalue weighted by Crippen LogP contribution is 2.28. The molecule has 0 atom stereocenters. The van der Waals surface area contributed by atoms with E-state index in [2.05, 4.69) is 51.5 Å². The van der Waals surface area contributed by atoms with Crippen LogP contribution in [0.3, 0.4) is 0 Å². The number of aromatic nitrogens is 6. The number of anilines is 1. The Morgan fingerprint density at radius 3 is 2.56 bits per heavy atom. The summed E-state index contributed by atoms with van der Waals surface area (Å²) in [6.07, 6.45) is -4.79. The number of ether oxygens (including phenoxy) is 1. The van der Waals surface area contributed by atoms with E-state index in [0.29, 0.717) is 26.9 Å². The Kier molecular flexibility index (Phi) is 5.92. The summed E-state index contributed by atoms with van der Waals surface area (Å²) >= 11 is 4.36. The smallest absolute Gasteiger partial charge is 0.406 e. The molecule has 10 nitrogen and oxygen atoms in total. The van der Waals surface area contributed by atoms with E-state index in [0.717, 1.165) is 23.9 Å². The average molecular weight is 530 g/mol. The van der Waals surface area contributed by atoms with Crippen LogP contribution in [-0.2, 0) is 4.79 Å². The van der Waals surface area contributed by atoms with Crippen LogP contribution in [0.4, 0.5) is 18.9 Å². The average Bonchev–Trinajstić information content (AvgIpc) is 3.31. The molecule has 3 N–H and O–H groups in total. The number of nitrogens with one attached hydrogen (secondary N) is 3. The van der Waals surface area contributed by atoms with Crippen molar-refractivity contribution in [1.82, 2.24) is 30.2 Å². The third kappa shape index (κ3) is 5.11. The lowest BCUT2D eigenvalue weighted by atomic mass is 10.3. The fraction of sp³-hybridized carbons (Fsp3) is 0.118. The van der Waals surface area contributed by atoms with Gasteiger partial charge in [-0.05, 0) is 62.8 Å². The monoisotopic (exact) mass is 529 g/mol. The van der Waals surface area contributed by atoms with Gasteiger partial charge in [0.05, 0.1) is 28.2 Å². The number of hydrogen-bond acceptors (Lipinski definition) is 7. The molecule has 0 fully saturated rings. The molecule has 0 bridgehead atoms. The van der Waals surface area contributed by atoms with Gasteiger partial charge in [-0.25, -0.2) is 4.79 Å². The number of hydrogen-bond donors (Lipinski definition) is 3. The molecule has 1 amide bonds. The van der Waals surface area contributed by atoms with Gasteiger partial charge >= 0.3 is 12.1 Å². The van der Waals surface area contributed by atoms with Crippen molar-refractivity contribution in [3.63, 3.8) is 0 Å². The number of benzene rings is 2. The Bertz CT molecular complexity index is 1330. The molecule has 4 aromatic rings. The van der Waals surface area contributed by atoms with E-state index in [-0.39, 0.29) is 28.3 Å². The lowest BCUT2D eigenvalue weighted by Gasteiger charge is -2.10. The summed E-state index contributed by atoms with van der Waals surface area (Å²) in [7, 11) is 0. The largest absolute Gasteiger partial charge is 0.573 e. The minimum atomic E-state index is -4.79. The van der Waals surface area contributed by atoms with Gasteiger partial charge in [0.15, 0.2) is 0 Å². The number of alkyl halides is 3. The van der Waals surface area contributed by atoms with Crippen molar-refractivity contribution in [3.05, 3.63) is 51.4 Å². The predicted molar refractivity (Wildman–Crippen MR) is 112 cm³/mol. The minimum Gasteiger partial charge on any atom is -0.406 e. The first-order valence-corrected chi connectivity index (χ1v) is 10.4. The number of halogens is 4. The summed E-state index contributed by atoms with van der Waals surface area (Å²) in [6.45, 7) is 0. The van der Waals surface area contributed by atoms with Crippen molar-refractivity contribution in [2.24, 2.45) is 0 Å². The van der Waals surface area contributed by atoms with Crippen molar-refractivity contribution in [2.45, 2.75) is 11.5 Å². The van der Waals surface area contributed by atoms with E-state index >= 15 is 0 Å². The first-order chi connectivity index (χ1) is 15.2. The van der Waals surface area contributed by atoms with Crippen molar-refractivity contribution in [2.75, 3.05) is 11.1 Å². The fourth-order valence-electron chi connectivity index (χ4n) is 2.69. The van der Waals surface area contributed by atoms with Crippen LogP contribution in [0.15, 0.2) is 50.8 Å².